The van der Waals surface area contributed by atoms with Crippen molar-refractivity contribution in [3.8, 4) is 6.07 Å². The second-order valence-electron chi connectivity index (χ2n) is 3.44. The molecule has 1 fully saturated rings. The van der Waals surface area contributed by atoms with E-state index in [1.165, 1.54) is 0 Å². The lowest BCUT2D eigenvalue weighted by atomic mass is 10.3. The maximum atomic E-state index is 11.2. The second kappa shape index (κ2) is 3.87. The number of hydrogen-bond donors (Lipinski definition) is 2. The van der Waals surface area contributed by atoms with Gasteiger partial charge in [-0.05, 0) is 12.8 Å². The molecule has 2 N–H and O–H groups in total. The van der Waals surface area contributed by atoms with Crippen molar-refractivity contribution < 1.29 is 0 Å². The van der Waals surface area contributed by atoms with Crippen LogP contribution >= 0.6 is 12.2 Å². The molecule has 5 nitrogen and oxygen atoms in total. The van der Waals surface area contributed by atoms with Crippen molar-refractivity contribution in [2.75, 3.05) is 18.0 Å². The third-order valence-corrected chi connectivity index (χ3v) is 2.76. The molecule has 78 valence electrons. The average molecular weight is 222 g/mol. The van der Waals surface area contributed by atoms with Gasteiger partial charge >= 0.3 is 5.69 Å². The Morgan fingerprint density at radius 2 is 2.00 bits per heavy atom. The maximum absolute atomic E-state index is 11.2. The van der Waals surface area contributed by atoms with E-state index in [-0.39, 0.29) is 10.3 Å². The van der Waals surface area contributed by atoms with Gasteiger partial charge in [0.15, 0.2) is 0 Å². The highest BCUT2D eigenvalue weighted by Crippen LogP contribution is 2.20. The summed E-state index contributed by atoms with van der Waals surface area (Å²) in [6.07, 6.45) is 2.16. The van der Waals surface area contributed by atoms with E-state index in [2.05, 4.69) is 9.97 Å². The van der Waals surface area contributed by atoms with E-state index in [4.69, 9.17) is 17.5 Å². The molecule has 2 rings (SSSR count). The number of nitriles is 1. The van der Waals surface area contributed by atoms with Crippen LogP contribution in [0.2, 0.25) is 0 Å². The zero-order chi connectivity index (χ0) is 10.8. The van der Waals surface area contributed by atoms with Gasteiger partial charge < -0.3 is 4.90 Å². The van der Waals surface area contributed by atoms with Gasteiger partial charge in [-0.2, -0.15) is 5.26 Å². The van der Waals surface area contributed by atoms with Crippen LogP contribution < -0.4 is 10.6 Å². The first-order valence-electron chi connectivity index (χ1n) is 4.74. The summed E-state index contributed by atoms with van der Waals surface area (Å²) in [5.41, 5.74) is -0.00704. The molecule has 1 aromatic rings. The second-order valence-corrected chi connectivity index (χ2v) is 3.85. The molecule has 0 spiro atoms. The molecule has 6 heteroatoms. The molecule has 1 aliphatic heterocycles. The van der Waals surface area contributed by atoms with Gasteiger partial charge in [-0.3, -0.25) is 9.97 Å². The Hall–Kier alpha value is -1.61. The molecule has 0 saturated carbocycles. The van der Waals surface area contributed by atoms with Crippen molar-refractivity contribution in [3.63, 3.8) is 0 Å². The fourth-order valence-electron chi connectivity index (χ4n) is 1.76. The maximum Gasteiger partial charge on any atom is 0.325 e. The Morgan fingerprint density at radius 3 is 2.60 bits per heavy atom. The molecule has 1 saturated heterocycles. The first kappa shape index (κ1) is 9.93. The van der Waals surface area contributed by atoms with Gasteiger partial charge in [-0.1, -0.05) is 12.2 Å². The topological polar surface area (TPSA) is 75.7 Å². The molecule has 0 bridgehead atoms. The van der Waals surface area contributed by atoms with Crippen molar-refractivity contribution in [2.24, 2.45) is 0 Å². The number of aromatic amines is 2. The van der Waals surface area contributed by atoms with Crippen molar-refractivity contribution >= 4 is 18.0 Å². The zero-order valence-corrected chi connectivity index (χ0v) is 8.86. The number of anilines is 1. The minimum Gasteiger partial charge on any atom is -0.357 e. The van der Waals surface area contributed by atoms with Crippen LogP contribution in [0.3, 0.4) is 0 Å². The van der Waals surface area contributed by atoms with Crippen molar-refractivity contribution in [2.45, 2.75) is 12.8 Å². The zero-order valence-electron chi connectivity index (χ0n) is 8.04. The number of rotatable bonds is 1. The van der Waals surface area contributed by atoms with E-state index in [1.807, 2.05) is 11.0 Å². The molecule has 2 heterocycles. The number of nitrogens with one attached hydrogen (secondary N) is 2. The van der Waals surface area contributed by atoms with E-state index in [0.29, 0.717) is 11.4 Å². The quantitative estimate of drug-likeness (QED) is 0.692. The third-order valence-electron chi connectivity index (χ3n) is 2.46. The lowest BCUT2D eigenvalue weighted by molar-refractivity contribution is 0.904. The van der Waals surface area contributed by atoms with E-state index in [9.17, 15) is 4.79 Å². The molecule has 0 unspecified atom stereocenters. The summed E-state index contributed by atoms with van der Waals surface area (Å²) >= 11 is 4.94. The summed E-state index contributed by atoms with van der Waals surface area (Å²) in [6, 6.07) is 2.02. The highest BCUT2D eigenvalue weighted by atomic mass is 32.1. The van der Waals surface area contributed by atoms with Crippen LogP contribution in [0.1, 0.15) is 18.4 Å². The highest BCUT2D eigenvalue weighted by molar-refractivity contribution is 7.71. The van der Waals surface area contributed by atoms with Crippen LogP contribution in [0.15, 0.2) is 4.79 Å². The van der Waals surface area contributed by atoms with Crippen molar-refractivity contribution in [1.82, 2.24) is 9.97 Å². The average Bonchev–Trinajstić information content (AvgIpc) is 2.69. The summed E-state index contributed by atoms with van der Waals surface area (Å²) in [5.74, 6) is 0.559. The van der Waals surface area contributed by atoms with E-state index < -0.39 is 0 Å². The molecule has 0 radical (unpaired) electrons. The summed E-state index contributed by atoms with van der Waals surface area (Å²) in [6.45, 7) is 1.73. The summed E-state index contributed by atoms with van der Waals surface area (Å²) in [5, 5.41) is 8.97. The van der Waals surface area contributed by atoms with Crippen LogP contribution in [0.25, 0.3) is 0 Å². The monoisotopic (exact) mass is 222 g/mol. The fourth-order valence-corrected chi connectivity index (χ4v) is 1.99. The number of H-pyrrole nitrogens is 2. The SMILES string of the molecule is N#Cc1c(N2CCCC2)[nH]c(=O)[nH]c1=S. The fraction of sp³-hybridized carbons (Fsp3) is 0.444. The summed E-state index contributed by atoms with van der Waals surface area (Å²) in [7, 11) is 0. The van der Waals surface area contributed by atoms with Crippen LogP contribution in [0, 0.1) is 16.0 Å². The van der Waals surface area contributed by atoms with Gasteiger partial charge in [0, 0.05) is 13.1 Å². The normalized spacial score (nSPS) is 15.3. The molecule has 15 heavy (non-hydrogen) atoms. The molecule has 0 aliphatic carbocycles. The summed E-state index contributed by atoms with van der Waals surface area (Å²) in [4.78, 5) is 18.3. The third kappa shape index (κ3) is 1.78. The summed E-state index contributed by atoms with van der Waals surface area (Å²) < 4.78 is 0.211. The lowest BCUT2D eigenvalue weighted by Crippen LogP contribution is -2.25. The Morgan fingerprint density at radius 1 is 1.33 bits per heavy atom. The molecule has 1 aliphatic rings. The van der Waals surface area contributed by atoms with Gasteiger partial charge in [0.25, 0.3) is 0 Å². The molecular weight excluding hydrogens is 212 g/mol. The number of nitrogens with zero attached hydrogens (tertiary/aromatic N) is 2. The van der Waals surface area contributed by atoms with Crippen LogP contribution in [0.5, 0.6) is 0 Å². The van der Waals surface area contributed by atoms with Crippen molar-refractivity contribution in [3.05, 3.63) is 20.7 Å². The number of hydrogen-bond acceptors (Lipinski definition) is 4. The van der Waals surface area contributed by atoms with E-state index >= 15 is 0 Å². The Labute approximate surface area is 91.4 Å². The van der Waals surface area contributed by atoms with Gasteiger partial charge in [-0.15, -0.1) is 0 Å². The minimum absolute atomic E-state index is 0.211. The Balaban J connectivity index is 2.59. The highest BCUT2D eigenvalue weighted by Gasteiger charge is 2.17. The van der Waals surface area contributed by atoms with Gasteiger partial charge in [0.1, 0.15) is 22.1 Å². The van der Waals surface area contributed by atoms with Gasteiger partial charge in [0.2, 0.25) is 0 Å². The standard InChI is InChI=1S/C9H10N4OS/c10-5-6-7(13-3-1-2-4-13)11-9(14)12-8(6)15/h1-4H2,(H2,11,12,14,15). The minimum atomic E-state index is -0.360. The Kier molecular flexibility index (Phi) is 2.56. The van der Waals surface area contributed by atoms with Crippen LogP contribution in [-0.2, 0) is 0 Å². The first-order valence-corrected chi connectivity index (χ1v) is 5.15. The molecule has 1 aromatic heterocycles. The predicted molar refractivity (Wildman–Crippen MR) is 58.4 cm³/mol. The molecule has 0 atom stereocenters. The molecular formula is C9H10N4OS. The van der Waals surface area contributed by atoms with E-state index in [0.717, 1.165) is 25.9 Å². The van der Waals surface area contributed by atoms with Gasteiger partial charge in [-0.25, -0.2) is 4.79 Å². The molecule has 0 amide bonds. The van der Waals surface area contributed by atoms with Gasteiger partial charge in [0.05, 0.1) is 0 Å². The number of aromatic nitrogens is 2. The van der Waals surface area contributed by atoms with Crippen LogP contribution in [0.4, 0.5) is 5.82 Å². The Bertz CT molecular complexity index is 518. The van der Waals surface area contributed by atoms with E-state index in [1.54, 1.807) is 0 Å². The molecule has 0 aromatic carbocycles. The first-order chi connectivity index (χ1) is 7.22. The van der Waals surface area contributed by atoms with Crippen LogP contribution in [-0.4, -0.2) is 23.1 Å². The lowest BCUT2D eigenvalue weighted by Gasteiger charge is -2.17. The predicted octanol–water partition coefficient (Wildman–Crippen LogP) is 0.904. The van der Waals surface area contributed by atoms with Crippen molar-refractivity contribution in [1.29, 1.82) is 5.26 Å². The smallest absolute Gasteiger partial charge is 0.325 e. The largest absolute Gasteiger partial charge is 0.357 e.